The van der Waals surface area contributed by atoms with Crippen molar-refractivity contribution in [2.75, 3.05) is 6.61 Å². The fourth-order valence-corrected chi connectivity index (χ4v) is 0.735. The Morgan fingerprint density at radius 3 is 2.54 bits per heavy atom. The molecule has 0 rings (SSSR count). The topological polar surface area (TPSA) is 49.7 Å². The lowest BCUT2D eigenvalue weighted by atomic mass is 10.2. The molecule has 0 fully saturated rings. The van der Waals surface area contributed by atoms with Crippen LogP contribution in [0.15, 0.2) is 12.3 Å². The van der Waals surface area contributed by atoms with E-state index in [9.17, 15) is 0 Å². The number of unbranched alkanes of at least 4 members (excludes halogenated alkanes) is 2. The van der Waals surface area contributed by atoms with E-state index in [0.717, 1.165) is 19.3 Å². The highest BCUT2D eigenvalue weighted by Gasteiger charge is 2.06. The zero-order chi connectivity index (χ0) is 10.1. The molecule has 2 unspecified atom stereocenters. The number of hydrogen-bond acceptors (Lipinski definition) is 3. The molecule has 3 nitrogen and oxygen atoms in total. The van der Waals surface area contributed by atoms with Crippen molar-refractivity contribution in [1.29, 1.82) is 0 Å². The van der Waals surface area contributed by atoms with E-state index in [1.165, 1.54) is 0 Å². The maximum atomic E-state index is 9.07. The molecule has 3 heteroatoms. The Balaban J connectivity index is 3.30. The van der Waals surface area contributed by atoms with Gasteiger partial charge in [0, 0.05) is 6.61 Å². The second kappa shape index (κ2) is 8.08. The first-order chi connectivity index (χ1) is 6.18. The minimum atomic E-state index is -0.443. The molecular weight excluding hydrogens is 168 g/mol. The average molecular weight is 188 g/mol. The van der Waals surface area contributed by atoms with Crippen molar-refractivity contribution in [2.45, 2.75) is 45.3 Å². The molecule has 0 radical (unpaired) electrons. The zero-order valence-electron chi connectivity index (χ0n) is 8.44. The van der Waals surface area contributed by atoms with E-state index in [0.29, 0.717) is 0 Å². The van der Waals surface area contributed by atoms with E-state index in [-0.39, 0.29) is 12.7 Å². The molecule has 0 heterocycles. The predicted octanol–water partition coefficient (Wildman–Crippen LogP) is 1.45. The summed E-state index contributed by atoms with van der Waals surface area (Å²) in [5, 5.41) is 17.6. The lowest BCUT2D eigenvalue weighted by Crippen LogP contribution is -2.20. The van der Waals surface area contributed by atoms with Crippen LogP contribution < -0.4 is 0 Å². The number of ether oxygens (including phenoxy) is 1. The quantitative estimate of drug-likeness (QED) is 0.469. The first-order valence-corrected chi connectivity index (χ1v) is 4.78. The smallest absolute Gasteiger partial charge is 0.120 e. The highest BCUT2D eigenvalue weighted by molar-refractivity contribution is 4.75. The van der Waals surface area contributed by atoms with Crippen LogP contribution in [0.25, 0.3) is 0 Å². The summed E-state index contributed by atoms with van der Waals surface area (Å²) >= 11 is 0. The molecular formula is C10H20O3. The summed E-state index contributed by atoms with van der Waals surface area (Å²) in [7, 11) is 0. The normalized spacial score (nSPS) is 16.0. The Hall–Kier alpha value is -0.540. The summed E-state index contributed by atoms with van der Waals surface area (Å²) in [6, 6.07) is 0. The molecule has 0 aromatic heterocycles. The van der Waals surface area contributed by atoms with Crippen molar-refractivity contribution >= 4 is 0 Å². The average Bonchev–Trinajstić information content (AvgIpc) is 2.10. The van der Waals surface area contributed by atoms with Crippen LogP contribution in [0.2, 0.25) is 0 Å². The Kier molecular flexibility index (Phi) is 7.74. The Morgan fingerprint density at radius 1 is 1.31 bits per heavy atom. The Bertz CT molecular complexity index is 132. The van der Waals surface area contributed by atoms with E-state index < -0.39 is 6.10 Å². The minimum absolute atomic E-state index is 0.158. The molecule has 2 atom stereocenters. The second-order valence-corrected chi connectivity index (χ2v) is 3.17. The molecule has 0 aromatic carbocycles. The fourth-order valence-electron chi connectivity index (χ4n) is 0.735. The molecule has 0 saturated heterocycles. The number of allylic oxidation sites excluding steroid dienone is 1. The van der Waals surface area contributed by atoms with Crippen LogP contribution in [0.3, 0.4) is 0 Å². The largest absolute Gasteiger partial charge is 0.496 e. The van der Waals surface area contributed by atoms with Gasteiger partial charge in [-0.25, -0.2) is 0 Å². The van der Waals surface area contributed by atoms with E-state index in [2.05, 4.69) is 0 Å². The number of aliphatic hydroxyl groups excluding tert-OH is 2. The molecule has 0 bridgehead atoms. The van der Waals surface area contributed by atoms with Crippen molar-refractivity contribution in [3.8, 4) is 0 Å². The van der Waals surface area contributed by atoms with Gasteiger partial charge in [0.2, 0.25) is 0 Å². The molecule has 0 aromatic rings. The monoisotopic (exact) mass is 188 g/mol. The van der Waals surface area contributed by atoms with Gasteiger partial charge in [0.15, 0.2) is 0 Å². The minimum Gasteiger partial charge on any atom is -0.496 e. The van der Waals surface area contributed by atoms with Crippen molar-refractivity contribution in [1.82, 2.24) is 0 Å². The van der Waals surface area contributed by atoms with Gasteiger partial charge in [0.1, 0.15) is 6.10 Å². The molecule has 0 aliphatic rings. The summed E-state index contributed by atoms with van der Waals surface area (Å²) in [4.78, 5) is 0. The van der Waals surface area contributed by atoms with Gasteiger partial charge in [0.25, 0.3) is 0 Å². The van der Waals surface area contributed by atoms with Crippen molar-refractivity contribution in [3.05, 3.63) is 12.3 Å². The highest BCUT2D eigenvalue weighted by Crippen LogP contribution is 2.00. The lowest BCUT2D eigenvalue weighted by Gasteiger charge is -2.13. The summed E-state index contributed by atoms with van der Waals surface area (Å²) in [5.41, 5.74) is 0. The van der Waals surface area contributed by atoms with Gasteiger partial charge in [-0.2, -0.15) is 0 Å². The molecule has 2 N–H and O–H groups in total. The third kappa shape index (κ3) is 7.81. The van der Waals surface area contributed by atoms with Crippen LogP contribution in [0, 0.1) is 0 Å². The second-order valence-electron chi connectivity index (χ2n) is 3.17. The van der Waals surface area contributed by atoms with Crippen LogP contribution >= 0.6 is 0 Å². The van der Waals surface area contributed by atoms with Crippen molar-refractivity contribution in [2.24, 2.45) is 0 Å². The van der Waals surface area contributed by atoms with Crippen molar-refractivity contribution < 1.29 is 14.9 Å². The van der Waals surface area contributed by atoms with Crippen LogP contribution in [0.1, 0.15) is 33.1 Å². The molecule has 13 heavy (non-hydrogen) atoms. The summed E-state index contributed by atoms with van der Waals surface area (Å²) < 4.78 is 5.19. The van der Waals surface area contributed by atoms with Gasteiger partial charge < -0.3 is 14.9 Å². The summed E-state index contributed by atoms with van der Waals surface area (Å²) in [6.45, 7) is 3.77. The van der Waals surface area contributed by atoms with Crippen LogP contribution in [-0.4, -0.2) is 29.0 Å². The Morgan fingerprint density at radius 2 is 2.00 bits per heavy atom. The van der Waals surface area contributed by atoms with Gasteiger partial charge in [0.05, 0.1) is 12.4 Å². The number of aliphatic hydroxyl groups is 2. The molecule has 0 aliphatic heterocycles. The fraction of sp³-hybridized carbons (Fsp3) is 0.800. The number of rotatable bonds is 7. The number of hydrogen-bond donors (Lipinski definition) is 2. The van der Waals surface area contributed by atoms with E-state index in [1.807, 2.05) is 13.0 Å². The van der Waals surface area contributed by atoms with Gasteiger partial charge in [-0.15, -0.1) is 0 Å². The van der Waals surface area contributed by atoms with E-state index in [4.69, 9.17) is 14.9 Å². The first-order valence-electron chi connectivity index (χ1n) is 4.78. The molecule has 0 aliphatic carbocycles. The van der Waals surface area contributed by atoms with Gasteiger partial charge in [-0.05, 0) is 39.2 Å². The molecule has 0 spiro atoms. The third-order valence-electron chi connectivity index (χ3n) is 1.85. The van der Waals surface area contributed by atoms with E-state index in [1.54, 1.807) is 13.2 Å². The van der Waals surface area contributed by atoms with Gasteiger partial charge in [-0.3, -0.25) is 0 Å². The lowest BCUT2D eigenvalue weighted by molar-refractivity contribution is 0.0315. The standard InChI is InChI=1S/C10H20O3/c1-9(12)10(2)13-8-6-4-3-5-7-11/h6,8-12H,3-5,7H2,1-2H3/b8-6+. The maximum absolute atomic E-state index is 9.07. The molecule has 0 saturated carbocycles. The SMILES string of the molecule is CC(O)C(C)O/C=C/CCCCO. The Labute approximate surface area is 80.0 Å². The van der Waals surface area contributed by atoms with Crippen LogP contribution in [-0.2, 0) is 4.74 Å². The van der Waals surface area contributed by atoms with E-state index >= 15 is 0 Å². The molecule has 0 amide bonds. The molecule has 78 valence electrons. The third-order valence-corrected chi connectivity index (χ3v) is 1.85. The summed E-state index contributed by atoms with van der Waals surface area (Å²) in [6.07, 6.45) is 5.64. The zero-order valence-corrected chi connectivity index (χ0v) is 8.44. The van der Waals surface area contributed by atoms with Crippen LogP contribution in [0.5, 0.6) is 0 Å². The van der Waals surface area contributed by atoms with Crippen LogP contribution in [0.4, 0.5) is 0 Å². The van der Waals surface area contributed by atoms with Gasteiger partial charge in [-0.1, -0.05) is 0 Å². The summed E-state index contributed by atoms with van der Waals surface area (Å²) in [5.74, 6) is 0. The first kappa shape index (κ1) is 12.5. The predicted molar refractivity (Wildman–Crippen MR) is 52.3 cm³/mol. The van der Waals surface area contributed by atoms with Gasteiger partial charge >= 0.3 is 0 Å². The highest BCUT2D eigenvalue weighted by atomic mass is 16.5. The van der Waals surface area contributed by atoms with Crippen molar-refractivity contribution in [3.63, 3.8) is 0 Å². The maximum Gasteiger partial charge on any atom is 0.120 e.